The number of aliphatic imine (C=N–C) groups is 1. The van der Waals surface area contributed by atoms with Gasteiger partial charge >= 0.3 is 0 Å². The van der Waals surface area contributed by atoms with Crippen molar-refractivity contribution in [3.63, 3.8) is 0 Å². The summed E-state index contributed by atoms with van der Waals surface area (Å²) in [5.74, 6) is 2.75. The summed E-state index contributed by atoms with van der Waals surface area (Å²) in [4.78, 5) is 5.24. The lowest BCUT2D eigenvalue weighted by Crippen LogP contribution is -2.50. The van der Waals surface area contributed by atoms with Gasteiger partial charge in [-0.25, -0.2) is 0 Å². The summed E-state index contributed by atoms with van der Waals surface area (Å²) < 4.78 is 0. The van der Waals surface area contributed by atoms with Gasteiger partial charge in [0.1, 0.15) is 0 Å². The van der Waals surface area contributed by atoms with Gasteiger partial charge in [-0.05, 0) is 98.9 Å². The summed E-state index contributed by atoms with van der Waals surface area (Å²) in [6.07, 6.45) is 11.8. The maximum atomic E-state index is 10.3. The first-order chi connectivity index (χ1) is 14.2. The van der Waals surface area contributed by atoms with Crippen LogP contribution in [0, 0.1) is 34.5 Å². The second-order valence-electron chi connectivity index (χ2n) is 11.9. The van der Waals surface area contributed by atoms with Gasteiger partial charge in [-0.15, -0.1) is 0 Å². The molecular formula is C28H45NO. The lowest BCUT2D eigenvalue weighted by Gasteiger charge is -2.55. The van der Waals surface area contributed by atoms with Gasteiger partial charge in [0.2, 0.25) is 0 Å². The molecule has 4 aliphatic rings. The van der Waals surface area contributed by atoms with Crippen LogP contribution in [0.1, 0.15) is 98.8 Å². The van der Waals surface area contributed by atoms with E-state index in [1.54, 1.807) is 11.1 Å². The quantitative estimate of drug-likeness (QED) is 0.479. The molecule has 0 saturated heterocycles. The van der Waals surface area contributed by atoms with Crippen molar-refractivity contribution in [1.29, 1.82) is 0 Å². The molecule has 0 spiro atoms. The second kappa shape index (κ2) is 8.23. The van der Waals surface area contributed by atoms with Crippen molar-refractivity contribution >= 4 is 5.71 Å². The molecule has 6 atom stereocenters. The Morgan fingerprint density at radius 1 is 1.10 bits per heavy atom. The zero-order valence-corrected chi connectivity index (χ0v) is 20.3. The third-order valence-corrected chi connectivity index (χ3v) is 9.92. The van der Waals surface area contributed by atoms with Crippen LogP contribution in [0.4, 0.5) is 0 Å². The number of aliphatic hydroxyl groups excluding tert-OH is 1. The largest absolute Gasteiger partial charge is 0.393 e. The molecule has 0 aromatic heterocycles. The highest BCUT2D eigenvalue weighted by atomic mass is 16.3. The SMILES string of the molecule is C=C(CC[C@H](C)[C@H]1CCN=C2C3=C(CC[C@@]21C)[C@@]1(C)CC[C@H](O)C[C@@H]1CC3)C(C)C. The summed E-state index contributed by atoms with van der Waals surface area (Å²) in [5.41, 5.74) is 6.87. The van der Waals surface area contributed by atoms with Crippen LogP contribution in [0.25, 0.3) is 0 Å². The van der Waals surface area contributed by atoms with Crippen molar-refractivity contribution < 1.29 is 5.11 Å². The summed E-state index contributed by atoms with van der Waals surface area (Å²) in [6.45, 7) is 17.4. The molecule has 30 heavy (non-hydrogen) atoms. The van der Waals surface area contributed by atoms with Crippen LogP contribution in [0.5, 0.6) is 0 Å². The smallest absolute Gasteiger partial charge is 0.0543 e. The molecule has 0 bridgehead atoms. The first kappa shape index (κ1) is 22.3. The maximum Gasteiger partial charge on any atom is 0.0543 e. The molecule has 0 amide bonds. The molecule has 3 aliphatic carbocycles. The van der Waals surface area contributed by atoms with Crippen LogP contribution in [-0.4, -0.2) is 23.5 Å². The van der Waals surface area contributed by atoms with Crippen LogP contribution >= 0.6 is 0 Å². The number of nitrogens with zero attached hydrogens (tertiary/aromatic N) is 1. The van der Waals surface area contributed by atoms with E-state index in [9.17, 15) is 5.11 Å². The number of aliphatic hydroxyl groups is 1. The molecule has 2 nitrogen and oxygen atoms in total. The maximum absolute atomic E-state index is 10.3. The summed E-state index contributed by atoms with van der Waals surface area (Å²) >= 11 is 0. The number of fused-ring (bicyclic) bond motifs is 4. The van der Waals surface area contributed by atoms with E-state index >= 15 is 0 Å². The van der Waals surface area contributed by atoms with Crippen molar-refractivity contribution in [1.82, 2.24) is 0 Å². The standard InChI is InChI=1S/C28H45NO/c1-18(2)19(3)7-8-20(4)24-13-16-29-26-23-10-9-21-17-22(30)11-14-27(21,5)25(23)12-15-28(24,26)6/h18,20-22,24,30H,3,7-17H2,1-2,4-6H3/t20-,21-,22-,24+,27-,28+/m0/s1. The highest BCUT2D eigenvalue weighted by Gasteiger charge is 2.52. The predicted molar refractivity (Wildman–Crippen MR) is 128 cm³/mol. The third kappa shape index (κ3) is 3.65. The summed E-state index contributed by atoms with van der Waals surface area (Å²) in [6, 6.07) is 0. The first-order valence-electron chi connectivity index (χ1n) is 12.8. The van der Waals surface area contributed by atoms with Crippen molar-refractivity contribution in [2.24, 2.45) is 39.5 Å². The Morgan fingerprint density at radius 3 is 2.60 bits per heavy atom. The minimum atomic E-state index is -0.0723. The van der Waals surface area contributed by atoms with Crippen LogP contribution in [0.3, 0.4) is 0 Å². The minimum Gasteiger partial charge on any atom is -0.393 e. The number of hydrogen-bond donors (Lipinski definition) is 1. The Bertz CT molecular complexity index is 746. The van der Waals surface area contributed by atoms with Gasteiger partial charge < -0.3 is 5.11 Å². The molecule has 1 aliphatic heterocycles. The molecular weight excluding hydrogens is 366 g/mol. The van der Waals surface area contributed by atoms with Crippen LogP contribution in [-0.2, 0) is 0 Å². The molecule has 0 unspecified atom stereocenters. The van der Waals surface area contributed by atoms with Gasteiger partial charge in [0.15, 0.2) is 0 Å². The zero-order chi connectivity index (χ0) is 21.7. The Morgan fingerprint density at radius 2 is 1.87 bits per heavy atom. The van der Waals surface area contributed by atoms with E-state index < -0.39 is 0 Å². The molecule has 1 saturated carbocycles. The van der Waals surface area contributed by atoms with Gasteiger partial charge in [0.25, 0.3) is 0 Å². The lowest BCUT2D eigenvalue weighted by molar-refractivity contribution is 0.0239. The average Bonchev–Trinajstić information content (AvgIpc) is 2.71. The lowest BCUT2D eigenvalue weighted by atomic mass is 9.50. The van der Waals surface area contributed by atoms with E-state index in [1.165, 1.54) is 62.7 Å². The number of rotatable bonds is 5. The fraction of sp³-hybridized carbons (Fsp3) is 0.821. The van der Waals surface area contributed by atoms with E-state index in [0.717, 1.165) is 31.2 Å². The number of allylic oxidation sites excluding steroid dienone is 3. The molecule has 4 rings (SSSR count). The van der Waals surface area contributed by atoms with Gasteiger partial charge in [0, 0.05) is 17.7 Å². The van der Waals surface area contributed by atoms with Crippen LogP contribution in [0.2, 0.25) is 0 Å². The van der Waals surface area contributed by atoms with Gasteiger partial charge in [-0.2, -0.15) is 0 Å². The molecule has 168 valence electrons. The Hall–Kier alpha value is -0.890. The Kier molecular flexibility index (Phi) is 6.12. The average molecular weight is 412 g/mol. The van der Waals surface area contributed by atoms with E-state index in [0.29, 0.717) is 17.3 Å². The molecule has 1 heterocycles. The fourth-order valence-corrected chi connectivity index (χ4v) is 7.66. The van der Waals surface area contributed by atoms with E-state index in [-0.39, 0.29) is 11.5 Å². The fourth-order valence-electron chi connectivity index (χ4n) is 7.66. The second-order valence-corrected chi connectivity index (χ2v) is 11.9. The molecule has 1 fully saturated rings. The zero-order valence-electron chi connectivity index (χ0n) is 20.3. The van der Waals surface area contributed by atoms with Crippen molar-refractivity contribution in [2.45, 2.75) is 105 Å². The third-order valence-electron chi connectivity index (χ3n) is 9.92. The van der Waals surface area contributed by atoms with Gasteiger partial charge in [-0.3, -0.25) is 4.99 Å². The predicted octanol–water partition coefficient (Wildman–Crippen LogP) is 7.13. The van der Waals surface area contributed by atoms with Crippen molar-refractivity contribution in [2.75, 3.05) is 6.54 Å². The highest BCUT2D eigenvalue weighted by Crippen LogP contribution is 2.60. The Labute approximate surface area is 185 Å². The van der Waals surface area contributed by atoms with Crippen molar-refractivity contribution in [3.8, 4) is 0 Å². The van der Waals surface area contributed by atoms with E-state index in [4.69, 9.17) is 4.99 Å². The van der Waals surface area contributed by atoms with Crippen molar-refractivity contribution in [3.05, 3.63) is 23.3 Å². The Balaban J connectivity index is 1.58. The normalized spacial score (nSPS) is 39.7. The summed E-state index contributed by atoms with van der Waals surface area (Å²) in [5, 5.41) is 10.3. The topological polar surface area (TPSA) is 32.6 Å². The molecule has 0 radical (unpaired) electrons. The molecule has 0 aromatic rings. The monoisotopic (exact) mass is 411 g/mol. The minimum absolute atomic E-state index is 0.0723. The molecule has 0 aromatic carbocycles. The molecule has 2 heteroatoms. The van der Waals surface area contributed by atoms with Crippen LogP contribution < -0.4 is 0 Å². The van der Waals surface area contributed by atoms with E-state index in [2.05, 4.69) is 41.2 Å². The number of hydrogen-bond acceptors (Lipinski definition) is 2. The highest BCUT2D eigenvalue weighted by molar-refractivity contribution is 6.06. The van der Waals surface area contributed by atoms with Gasteiger partial charge in [-0.1, -0.05) is 52.3 Å². The van der Waals surface area contributed by atoms with Crippen LogP contribution in [0.15, 0.2) is 28.3 Å². The van der Waals surface area contributed by atoms with Gasteiger partial charge in [0.05, 0.1) is 6.10 Å². The first-order valence-corrected chi connectivity index (χ1v) is 12.8. The summed E-state index contributed by atoms with van der Waals surface area (Å²) in [7, 11) is 0. The van der Waals surface area contributed by atoms with E-state index in [1.807, 2.05) is 0 Å². The molecule has 1 N–H and O–H groups in total.